The van der Waals surface area contributed by atoms with Gasteiger partial charge in [0.05, 0.1) is 0 Å². The molecule has 0 aliphatic rings. The van der Waals surface area contributed by atoms with E-state index in [2.05, 4.69) is 0 Å². The average molecular weight is 302 g/mol. The van der Waals surface area contributed by atoms with Gasteiger partial charge in [-0.25, -0.2) is 0 Å². The first-order chi connectivity index (χ1) is 11.4. The first kappa shape index (κ1) is 14.9. The molecule has 0 aliphatic carbocycles. The summed E-state index contributed by atoms with van der Waals surface area (Å²) in [4.78, 5) is 0. The molecule has 3 aromatic carbocycles. The molecule has 0 aromatic heterocycles. The van der Waals surface area contributed by atoms with Crippen LogP contribution in [0.5, 0.6) is 11.5 Å². The van der Waals surface area contributed by atoms with Gasteiger partial charge in [0.1, 0.15) is 23.9 Å². The van der Waals surface area contributed by atoms with Crippen LogP contribution in [0.3, 0.4) is 0 Å². The van der Waals surface area contributed by atoms with Crippen LogP contribution < -0.4 is 9.47 Å². The number of rotatable bonds is 6. The van der Waals surface area contributed by atoms with Crippen molar-refractivity contribution in [2.45, 2.75) is 0 Å². The van der Waals surface area contributed by atoms with Gasteiger partial charge in [-0.15, -0.1) is 0 Å². The van der Waals surface area contributed by atoms with E-state index in [4.69, 9.17) is 9.47 Å². The molecule has 0 N–H and O–H groups in total. The van der Waals surface area contributed by atoms with Gasteiger partial charge in [-0.3, -0.25) is 0 Å². The van der Waals surface area contributed by atoms with E-state index in [0.29, 0.717) is 6.61 Å². The van der Waals surface area contributed by atoms with Gasteiger partial charge >= 0.3 is 0 Å². The zero-order chi connectivity index (χ0) is 15.7. The van der Waals surface area contributed by atoms with E-state index >= 15 is 0 Å². The van der Waals surface area contributed by atoms with E-state index in [9.17, 15) is 0 Å². The summed E-state index contributed by atoms with van der Waals surface area (Å²) < 4.78 is 11.8. The van der Waals surface area contributed by atoms with Crippen LogP contribution in [0.2, 0.25) is 0 Å². The maximum absolute atomic E-state index is 5.98. The van der Waals surface area contributed by atoms with Crippen molar-refractivity contribution in [3.8, 4) is 11.5 Å². The molecule has 0 fully saturated rings. The van der Waals surface area contributed by atoms with Crippen LogP contribution in [-0.4, -0.2) is 6.61 Å². The molecular weight excluding hydrogens is 284 g/mol. The zero-order valence-corrected chi connectivity index (χ0v) is 12.8. The molecule has 3 rings (SSSR count). The van der Waals surface area contributed by atoms with Crippen LogP contribution in [-0.2, 0) is 0 Å². The molecule has 0 saturated heterocycles. The van der Waals surface area contributed by atoms with Gasteiger partial charge in [-0.2, -0.15) is 0 Å². The molecule has 2 heteroatoms. The van der Waals surface area contributed by atoms with Gasteiger partial charge in [0, 0.05) is 0 Å². The molecule has 0 unspecified atom stereocenters. The van der Waals surface area contributed by atoms with Gasteiger partial charge in [0.2, 0.25) is 0 Å². The molecule has 114 valence electrons. The van der Waals surface area contributed by atoms with E-state index in [0.717, 1.165) is 22.8 Å². The van der Waals surface area contributed by atoms with Gasteiger partial charge in [0.25, 0.3) is 0 Å². The van der Waals surface area contributed by atoms with Gasteiger partial charge in [0.15, 0.2) is 0 Å². The summed E-state index contributed by atoms with van der Waals surface area (Å²) in [5, 5.41) is 0. The van der Waals surface area contributed by atoms with Crippen LogP contribution in [0.4, 0.5) is 0 Å². The second-order valence-electron chi connectivity index (χ2n) is 5.04. The van der Waals surface area contributed by atoms with Crippen LogP contribution in [0.1, 0.15) is 5.56 Å². The Morgan fingerprint density at radius 3 is 1.78 bits per heavy atom. The molecule has 0 bridgehead atoms. The monoisotopic (exact) mass is 302 g/mol. The Labute approximate surface area is 136 Å². The number of hydrogen-bond donors (Lipinski definition) is 0. The van der Waals surface area contributed by atoms with Crippen LogP contribution in [0.15, 0.2) is 96.8 Å². The Kier molecular flexibility index (Phi) is 5.09. The Morgan fingerprint density at radius 2 is 1.17 bits per heavy atom. The molecule has 0 heterocycles. The van der Waals surface area contributed by atoms with Gasteiger partial charge < -0.3 is 9.47 Å². The zero-order valence-electron chi connectivity index (χ0n) is 12.8. The highest BCUT2D eigenvalue weighted by Gasteiger charge is 2.03. The van der Waals surface area contributed by atoms with Crippen molar-refractivity contribution in [1.82, 2.24) is 0 Å². The highest BCUT2D eigenvalue weighted by Crippen LogP contribution is 2.17. The van der Waals surface area contributed by atoms with Gasteiger partial charge in [-0.05, 0) is 35.9 Å². The molecule has 2 nitrogen and oxygen atoms in total. The lowest BCUT2D eigenvalue weighted by atomic mass is 10.2. The summed E-state index contributed by atoms with van der Waals surface area (Å²) in [6, 6.07) is 29.6. The summed E-state index contributed by atoms with van der Waals surface area (Å²) in [5.41, 5.74) is 1.08. The number of ether oxygens (including phenoxy) is 2. The van der Waals surface area contributed by atoms with Crippen molar-refractivity contribution in [3.05, 3.63) is 102 Å². The second-order valence-corrected chi connectivity index (χ2v) is 5.04. The Balaban J connectivity index is 1.77. The minimum atomic E-state index is 0.369. The lowest BCUT2D eigenvalue weighted by Crippen LogP contribution is -2.07. The van der Waals surface area contributed by atoms with Crippen molar-refractivity contribution >= 4 is 6.08 Å². The van der Waals surface area contributed by atoms with Crippen LogP contribution in [0, 0.1) is 0 Å². The molecule has 0 radical (unpaired) electrons. The van der Waals surface area contributed by atoms with Crippen molar-refractivity contribution in [2.24, 2.45) is 0 Å². The topological polar surface area (TPSA) is 18.5 Å². The fourth-order valence-electron chi connectivity index (χ4n) is 2.15. The summed E-state index contributed by atoms with van der Waals surface area (Å²) in [7, 11) is 0. The molecule has 0 spiro atoms. The normalized spacial score (nSPS) is 11.0. The Hall–Kier alpha value is -3.00. The lowest BCUT2D eigenvalue weighted by Gasteiger charge is -2.12. The quantitative estimate of drug-likeness (QED) is 0.584. The van der Waals surface area contributed by atoms with Crippen molar-refractivity contribution in [1.29, 1.82) is 0 Å². The molecule has 23 heavy (non-hydrogen) atoms. The minimum Gasteiger partial charge on any atom is -0.486 e. The number of para-hydroxylation sites is 2. The van der Waals surface area contributed by atoms with Crippen LogP contribution >= 0.6 is 0 Å². The highest BCUT2D eigenvalue weighted by atomic mass is 16.5. The summed E-state index contributed by atoms with van der Waals surface area (Å²) in [6.07, 6.45) is 2.00. The lowest BCUT2D eigenvalue weighted by molar-refractivity contribution is 0.283. The predicted octanol–water partition coefficient (Wildman–Crippen LogP) is 5.19. The van der Waals surface area contributed by atoms with E-state index in [-0.39, 0.29) is 0 Å². The van der Waals surface area contributed by atoms with Crippen molar-refractivity contribution in [2.75, 3.05) is 6.61 Å². The molecule has 0 aliphatic heterocycles. The minimum absolute atomic E-state index is 0.369. The maximum Gasteiger partial charge on any atom is 0.146 e. The first-order valence-electron chi connectivity index (χ1n) is 7.56. The van der Waals surface area contributed by atoms with Crippen molar-refractivity contribution in [3.63, 3.8) is 0 Å². The molecule has 0 atom stereocenters. The standard InChI is InChI=1S/C21H18O2/c1-4-10-18(11-5-1)16-21(23-20-14-8-3-9-15-20)17-22-19-12-6-2-7-13-19/h1-16H,17H2/b21-16+. The number of benzene rings is 3. The molecular formula is C21H18O2. The molecule has 0 amide bonds. The predicted molar refractivity (Wildman–Crippen MR) is 93.4 cm³/mol. The third-order valence-electron chi connectivity index (χ3n) is 3.24. The summed E-state index contributed by atoms with van der Waals surface area (Å²) in [6.45, 7) is 0.369. The largest absolute Gasteiger partial charge is 0.486 e. The second kappa shape index (κ2) is 7.85. The van der Waals surface area contributed by atoms with E-state index < -0.39 is 0 Å². The summed E-state index contributed by atoms with van der Waals surface area (Å²) in [5.74, 6) is 2.38. The molecule has 3 aromatic rings. The third-order valence-corrected chi connectivity index (χ3v) is 3.24. The third kappa shape index (κ3) is 4.75. The van der Waals surface area contributed by atoms with Crippen molar-refractivity contribution < 1.29 is 9.47 Å². The fraction of sp³-hybridized carbons (Fsp3) is 0.0476. The van der Waals surface area contributed by atoms with E-state index in [1.165, 1.54) is 0 Å². The maximum atomic E-state index is 5.98. The smallest absolute Gasteiger partial charge is 0.146 e. The Bertz CT molecular complexity index is 735. The van der Waals surface area contributed by atoms with Crippen LogP contribution in [0.25, 0.3) is 6.08 Å². The Morgan fingerprint density at radius 1 is 0.652 bits per heavy atom. The average Bonchev–Trinajstić information content (AvgIpc) is 2.62. The fourth-order valence-corrected chi connectivity index (χ4v) is 2.15. The number of hydrogen-bond acceptors (Lipinski definition) is 2. The molecule has 0 saturated carbocycles. The SMILES string of the molecule is C(=C(/COc1ccccc1)Oc1ccccc1)/c1ccccc1. The summed E-state index contributed by atoms with van der Waals surface area (Å²) >= 11 is 0. The van der Waals surface area contributed by atoms with Gasteiger partial charge in [-0.1, -0.05) is 66.7 Å². The van der Waals surface area contributed by atoms with E-state index in [1.54, 1.807) is 0 Å². The first-order valence-corrected chi connectivity index (χ1v) is 7.56. The highest BCUT2D eigenvalue weighted by molar-refractivity contribution is 5.52. The van der Waals surface area contributed by atoms with E-state index in [1.807, 2.05) is 97.1 Å².